The van der Waals surface area contributed by atoms with Gasteiger partial charge < -0.3 is 14.9 Å². The second-order valence-corrected chi connectivity index (χ2v) is 5.95. The molecule has 0 aliphatic carbocycles. The van der Waals surface area contributed by atoms with Crippen LogP contribution in [0, 0.1) is 0 Å². The average molecular weight is 255 g/mol. The van der Waals surface area contributed by atoms with Crippen molar-refractivity contribution in [2.45, 2.75) is 25.4 Å². The fourth-order valence-corrected chi connectivity index (χ4v) is 3.28. The van der Waals surface area contributed by atoms with Crippen LogP contribution in [0.5, 0.6) is 0 Å². The van der Waals surface area contributed by atoms with Gasteiger partial charge in [0.2, 0.25) is 0 Å². The highest BCUT2D eigenvalue weighted by atomic mass is 32.1. The van der Waals surface area contributed by atoms with Gasteiger partial charge in [0.1, 0.15) is 0 Å². The molecule has 1 aromatic heterocycles. The number of aliphatic hydroxyl groups is 1. The number of β-amino-alcohol motifs (C(OH)–C–C–N with tert-alkyl or cyclic N) is 1. The first-order valence-corrected chi connectivity index (χ1v) is 6.97. The first-order chi connectivity index (χ1) is 8.02. The van der Waals surface area contributed by atoms with Crippen LogP contribution in [0.3, 0.4) is 0 Å². The van der Waals surface area contributed by atoms with Gasteiger partial charge >= 0.3 is 0 Å². The molecular formula is C12H21N3OS. The minimum absolute atomic E-state index is 0.582. The largest absolute Gasteiger partial charge is 0.387 e. The molecule has 2 heterocycles. The summed E-state index contributed by atoms with van der Waals surface area (Å²) in [6.45, 7) is 4.43. The first-order valence-electron chi connectivity index (χ1n) is 6.09. The lowest BCUT2D eigenvalue weighted by molar-refractivity contribution is 0.0366. The molecule has 0 spiro atoms. The molecule has 17 heavy (non-hydrogen) atoms. The number of hydrogen-bond donors (Lipinski definition) is 1. The molecule has 0 radical (unpaired) electrons. The van der Waals surface area contributed by atoms with E-state index >= 15 is 0 Å². The Labute approximate surface area is 107 Å². The van der Waals surface area contributed by atoms with E-state index in [1.807, 2.05) is 19.0 Å². The Kier molecular flexibility index (Phi) is 3.70. The van der Waals surface area contributed by atoms with E-state index in [0.717, 1.165) is 36.8 Å². The SMILES string of the molecule is CCc1csc(N2CCC(O)(CN(C)C)C2)n1. The van der Waals surface area contributed by atoms with E-state index in [-0.39, 0.29) is 0 Å². The lowest BCUT2D eigenvalue weighted by Crippen LogP contribution is -2.42. The molecule has 0 saturated carbocycles. The van der Waals surface area contributed by atoms with Gasteiger partial charge in [-0.25, -0.2) is 4.98 Å². The van der Waals surface area contributed by atoms with Crippen LogP contribution in [-0.4, -0.2) is 54.3 Å². The van der Waals surface area contributed by atoms with Crippen LogP contribution in [-0.2, 0) is 6.42 Å². The summed E-state index contributed by atoms with van der Waals surface area (Å²) in [6, 6.07) is 0. The highest BCUT2D eigenvalue weighted by Gasteiger charge is 2.37. The third kappa shape index (κ3) is 2.97. The van der Waals surface area contributed by atoms with Crippen molar-refractivity contribution in [2.75, 3.05) is 38.6 Å². The molecule has 96 valence electrons. The van der Waals surface area contributed by atoms with Gasteiger partial charge in [-0.1, -0.05) is 6.92 Å². The zero-order valence-corrected chi connectivity index (χ0v) is 11.6. The fraction of sp³-hybridized carbons (Fsp3) is 0.750. The molecule has 1 saturated heterocycles. The summed E-state index contributed by atoms with van der Waals surface area (Å²) in [6.07, 6.45) is 1.80. The van der Waals surface area contributed by atoms with Crippen LogP contribution in [0.1, 0.15) is 19.0 Å². The number of nitrogens with zero attached hydrogens (tertiary/aromatic N) is 3. The van der Waals surface area contributed by atoms with Crippen molar-refractivity contribution in [3.8, 4) is 0 Å². The summed E-state index contributed by atoms with van der Waals surface area (Å²) in [5, 5.41) is 13.6. The maximum Gasteiger partial charge on any atom is 0.185 e. The zero-order valence-electron chi connectivity index (χ0n) is 10.8. The molecular weight excluding hydrogens is 234 g/mol. The Morgan fingerprint density at radius 1 is 1.59 bits per heavy atom. The van der Waals surface area contributed by atoms with Crippen molar-refractivity contribution in [3.05, 3.63) is 11.1 Å². The third-order valence-corrected chi connectivity index (χ3v) is 4.07. The zero-order chi connectivity index (χ0) is 12.5. The summed E-state index contributed by atoms with van der Waals surface area (Å²) >= 11 is 1.68. The highest BCUT2D eigenvalue weighted by Crippen LogP contribution is 2.29. The van der Waals surface area contributed by atoms with E-state index in [0.29, 0.717) is 6.54 Å². The summed E-state index contributed by atoms with van der Waals surface area (Å²) in [5.74, 6) is 0. The summed E-state index contributed by atoms with van der Waals surface area (Å²) in [5.41, 5.74) is 0.565. The molecule has 1 atom stereocenters. The van der Waals surface area contributed by atoms with Gasteiger partial charge in [-0.15, -0.1) is 11.3 Å². The van der Waals surface area contributed by atoms with Gasteiger partial charge in [0.15, 0.2) is 5.13 Å². The second kappa shape index (κ2) is 4.92. The molecule has 1 unspecified atom stereocenters. The molecule has 1 aliphatic heterocycles. The van der Waals surface area contributed by atoms with Gasteiger partial charge in [-0.05, 0) is 26.9 Å². The Bertz CT molecular complexity index is 380. The van der Waals surface area contributed by atoms with Crippen molar-refractivity contribution in [3.63, 3.8) is 0 Å². The molecule has 0 bridgehead atoms. The van der Waals surface area contributed by atoms with Gasteiger partial charge in [0, 0.05) is 18.5 Å². The van der Waals surface area contributed by atoms with Crippen LogP contribution in [0.4, 0.5) is 5.13 Å². The summed E-state index contributed by atoms with van der Waals surface area (Å²) in [4.78, 5) is 8.82. The fourth-order valence-electron chi connectivity index (χ4n) is 2.34. The van der Waals surface area contributed by atoms with Gasteiger partial charge in [-0.3, -0.25) is 0 Å². The molecule has 4 nitrogen and oxygen atoms in total. The Morgan fingerprint density at radius 2 is 2.35 bits per heavy atom. The predicted octanol–water partition coefficient (Wildman–Crippen LogP) is 1.21. The van der Waals surface area contributed by atoms with Crippen molar-refractivity contribution in [2.24, 2.45) is 0 Å². The van der Waals surface area contributed by atoms with E-state index in [1.54, 1.807) is 11.3 Å². The van der Waals surface area contributed by atoms with Crippen molar-refractivity contribution in [1.29, 1.82) is 0 Å². The number of rotatable bonds is 4. The lowest BCUT2D eigenvalue weighted by atomic mass is 10.0. The Balaban J connectivity index is 2.01. The Morgan fingerprint density at radius 3 is 2.94 bits per heavy atom. The molecule has 1 aromatic rings. The van der Waals surface area contributed by atoms with E-state index in [9.17, 15) is 5.11 Å². The normalized spacial score (nSPS) is 24.9. The first kappa shape index (κ1) is 12.8. The standard InChI is InChI=1S/C12H21N3OS/c1-4-10-7-17-11(13-10)15-6-5-12(16,9-15)8-14(2)3/h7,16H,4-6,8-9H2,1-3H3. The smallest absolute Gasteiger partial charge is 0.185 e. The van der Waals surface area contributed by atoms with E-state index in [4.69, 9.17) is 0 Å². The average Bonchev–Trinajstić information content (AvgIpc) is 2.83. The Hall–Kier alpha value is -0.650. The van der Waals surface area contributed by atoms with E-state index < -0.39 is 5.60 Å². The molecule has 5 heteroatoms. The molecule has 0 aromatic carbocycles. The summed E-state index contributed by atoms with van der Waals surface area (Å²) < 4.78 is 0. The number of aromatic nitrogens is 1. The van der Waals surface area contributed by atoms with Crippen LogP contribution >= 0.6 is 11.3 Å². The van der Waals surface area contributed by atoms with Crippen LogP contribution < -0.4 is 4.90 Å². The van der Waals surface area contributed by atoms with Crippen molar-refractivity contribution < 1.29 is 5.11 Å². The maximum absolute atomic E-state index is 10.5. The number of anilines is 1. The molecule has 1 fully saturated rings. The molecule has 1 N–H and O–H groups in total. The van der Waals surface area contributed by atoms with Crippen molar-refractivity contribution >= 4 is 16.5 Å². The molecule has 1 aliphatic rings. The van der Waals surface area contributed by atoms with E-state index in [2.05, 4.69) is 22.2 Å². The van der Waals surface area contributed by atoms with Gasteiger partial charge in [0.05, 0.1) is 17.8 Å². The minimum Gasteiger partial charge on any atom is -0.387 e. The quantitative estimate of drug-likeness (QED) is 0.878. The predicted molar refractivity (Wildman–Crippen MR) is 71.8 cm³/mol. The highest BCUT2D eigenvalue weighted by molar-refractivity contribution is 7.13. The maximum atomic E-state index is 10.5. The number of thiazole rings is 1. The van der Waals surface area contributed by atoms with Crippen LogP contribution in [0.15, 0.2) is 5.38 Å². The third-order valence-electron chi connectivity index (χ3n) is 3.12. The van der Waals surface area contributed by atoms with Gasteiger partial charge in [0.25, 0.3) is 0 Å². The van der Waals surface area contributed by atoms with Crippen LogP contribution in [0.2, 0.25) is 0 Å². The second-order valence-electron chi connectivity index (χ2n) is 5.11. The number of hydrogen-bond acceptors (Lipinski definition) is 5. The van der Waals surface area contributed by atoms with E-state index in [1.165, 1.54) is 0 Å². The van der Waals surface area contributed by atoms with Crippen molar-refractivity contribution in [1.82, 2.24) is 9.88 Å². The lowest BCUT2D eigenvalue weighted by Gasteiger charge is -2.26. The van der Waals surface area contributed by atoms with Crippen LogP contribution in [0.25, 0.3) is 0 Å². The number of aryl methyl sites for hydroxylation is 1. The topological polar surface area (TPSA) is 39.6 Å². The number of likely N-dealkylation sites (N-methyl/N-ethyl adjacent to an activating group) is 1. The molecule has 2 rings (SSSR count). The summed E-state index contributed by atoms with van der Waals surface area (Å²) in [7, 11) is 4.00. The van der Waals surface area contributed by atoms with Gasteiger partial charge in [-0.2, -0.15) is 0 Å². The monoisotopic (exact) mass is 255 g/mol. The molecule has 0 amide bonds. The minimum atomic E-state index is -0.582.